The quantitative estimate of drug-likeness (QED) is 0.646. The third-order valence-electron chi connectivity index (χ3n) is 4.42. The highest BCUT2D eigenvalue weighted by Crippen LogP contribution is 2.26. The van der Waals surface area contributed by atoms with Crippen LogP contribution in [0.5, 0.6) is 0 Å². The first kappa shape index (κ1) is 17.9. The van der Waals surface area contributed by atoms with Crippen LogP contribution in [0.15, 0.2) is 61.2 Å². The van der Waals surface area contributed by atoms with Gasteiger partial charge >= 0.3 is 0 Å². The van der Waals surface area contributed by atoms with Crippen LogP contribution in [0.3, 0.4) is 0 Å². The molecule has 3 aromatic rings. The number of hydrogen-bond acceptors (Lipinski definition) is 5. The third-order valence-corrected chi connectivity index (χ3v) is 4.42. The molecule has 0 unspecified atom stereocenters. The summed E-state index contributed by atoms with van der Waals surface area (Å²) < 4.78 is 0. The lowest BCUT2D eigenvalue weighted by atomic mass is 10.2. The molecule has 0 radical (unpaired) electrons. The van der Waals surface area contributed by atoms with Crippen molar-refractivity contribution in [2.75, 3.05) is 29.9 Å². The Kier molecular flexibility index (Phi) is 5.79. The van der Waals surface area contributed by atoms with Gasteiger partial charge in [-0.3, -0.25) is 4.98 Å². The summed E-state index contributed by atoms with van der Waals surface area (Å²) >= 11 is 0. The van der Waals surface area contributed by atoms with Crippen LogP contribution in [0.4, 0.5) is 17.3 Å². The van der Waals surface area contributed by atoms with Crippen molar-refractivity contribution >= 4 is 17.3 Å². The number of benzene rings is 1. The molecule has 0 fully saturated rings. The van der Waals surface area contributed by atoms with Crippen molar-refractivity contribution in [2.45, 2.75) is 20.3 Å². The van der Waals surface area contributed by atoms with Gasteiger partial charge in [0.2, 0.25) is 0 Å². The molecule has 0 aliphatic carbocycles. The minimum atomic E-state index is 0.848. The van der Waals surface area contributed by atoms with E-state index in [1.54, 1.807) is 6.33 Å². The lowest BCUT2D eigenvalue weighted by Gasteiger charge is -2.24. The van der Waals surface area contributed by atoms with Gasteiger partial charge in [-0.15, -0.1) is 0 Å². The van der Waals surface area contributed by atoms with Gasteiger partial charge in [-0.1, -0.05) is 12.1 Å². The summed E-state index contributed by atoms with van der Waals surface area (Å²) in [6.45, 7) is 5.98. The Balaban J connectivity index is 1.76. The molecule has 26 heavy (non-hydrogen) atoms. The summed E-state index contributed by atoms with van der Waals surface area (Å²) in [5.41, 5.74) is 3.66. The molecule has 2 aromatic heterocycles. The molecule has 3 rings (SSSR count). The average molecular weight is 347 g/mol. The highest BCUT2D eigenvalue weighted by atomic mass is 15.2. The Hall–Kier alpha value is -2.95. The van der Waals surface area contributed by atoms with E-state index >= 15 is 0 Å². The summed E-state index contributed by atoms with van der Waals surface area (Å²) in [6, 6.07) is 14.6. The monoisotopic (exact) mass is 347 g/mol. The van der Waals surface area contributed by atoms with Gasteiger partial charge in [-0.05, 0) is 55.7 Å². The van der Waals surface area contributed by atoms with Crippen molar-refractivity contribution in [1.82, 2.24) is 15.0 Å². The molecule has 0 atom stereocenters. The van der Waals surface area contributed by atoms with Crippen molar-refractivity contribution in [1.29, 1.82) is 0 Å². The highest BCUT2D eigenvalue weighted by molar-refractivity contribution is 5.63. The fourth-order valence-electron chi connectivity index (χ4n) is 2.93. The van der Waals surface area contributed by atoms with E-state index < -0.39 is 0 Å². The number of hydrogen-bond donors (Lipinski definition) is 0. The van der Waals surface area contributed by atoms with Gasteiger partial charge in [0.1, 0.15) is 18.0 Å². The first-order valence-electron chi connectivity index (χ1n) is 8.93. The lowest BCUT2D eigenvalue weighted by molar-refractivity contribution is 0.851. The fourth-order valence-corrected chi connectivity index (χ4v) is 2.93. The van der Waals surface area contributed by atoms with Gasteiger partial charge in [0.15, 0.2) is 0 Å². The Labute approximate surface area is 155 Å². The van der Waals surface area contributed by atoms with Crippen LogP contribution in [0.2, 0.25) is 0 Å². The van der Waals surface area contributed by atoms with Crippen LogP contribution < -0.4 is 9.80 Å². The van der Waals surface area contributed by atoms with Crippen LogP contribution >= 0.6 is 0 Å². The van der Waals surface area contributed by atoms with E-state index in [1.165, 1.54) is 11.1 Å². The maximum Gasteiger partial charge on any atom is 0.138 e. The van der Waals surface area contributed by atoms with E-state index in [-0.39, 0.29) is 0 Å². The predicted octanol–water partition coefficient (Wildman–Crippen LogP) is 4.02. The SMILES string of the molecule is CCN(c1cccc(C)c1)c1cc(N(C)CCc2ccncc2)ncn1. The minimum Gasteiger partial charge on any atom is -0.359 e. The molecule has 134 valence electrons. The number of aryl methyl sites for hydroxylation is 1. The molecular formula is C21H25N5. The zero-order valence-electron chi connectivity index (χ0n) is 15.6. The molecule has 0 N–H and O–H groups in total. The van der Waals surface area contributed by atoms with Crippen molar-refractivity contribution < 1.29 is 0 Å². The Morgan fingerprint density at radius 1 is 0.962 bits per heavy atom. The van der Waals surface area contributed by atoms with Gasteiger partial charge < -0.3 is 9.80 Å². The fraction of sp³-hybridized carbons (Fsp3) is 0.286. The average Bonchev–Trinajstić information content (AvgIpc) is 2.68. The van der Waals surface area contributed by atoms with Crippen LogP contribution in [-0.2, 0) is 6.42 Å². The standard InChI is InChI=1S/C21H25N5/c1-4-26(19-7-5-6-17(2)14-19)21-15-20(23-16-24-21)25(3)13-10-18-8-11-22-12-9-18/h5-9,11-12,14-16H,4,10,13H2,1-3H3. The van der Waals surface area contributed by atoms with Gasteiger partial charge in [0.05, 0.1) is 0 Å². The topological polar surface area (TPSA) is 45.2 Å². The molecule has 0 saturated heterocycles. The molecule has 2 heterocycles. The number of pyridine rings is 1. The van der Waals surface area contributed by atoms with Crippen molar-refractivity contribution in [3.05, 3.63) is 72.3 Å². The van der Waals surface area contributed by atoms with E-state index in [1.807, 2.05) is 12.4 Å². The second-order valence-electron chi connectivity index (χ2n) is 6.34. The first-order valence-corrected chi connectivity index (χ1v) is 8.93. The zero-order valence-corrected chi connectivity index (χ0v) is 15.6. The van der Waals surface area contributed by atoms with E-state index in [0.717, 1.165) is 36.8 Å². The van der Waals surface area contributed by atoms with Crippen LogP contribution in [0.25, 0.3) is 0 Å². The maximum atomic E-state index is 4.50. The largest absolute Gasteiger partial charge is 0.359 e. The smallest absolute Gasteiger partial charge is 0.138 e. The van der Waals surface area contributed by atoms with E-state index in [4.69, 9.17) is 0 Å². The molecule has 5 heteroatoms. The van der Waals surface area contributed by atoms with Crippen molar-refractivity contribution in [3.8, 4) is 0 Å². The molecule has 0 amide bonds. The lowest BCUT2D eigenvalue weighted by Crippen LogP contribution is -2.23. The molecule has 0 spiro atoms. The van der Waals surface area contributed by atoms with Crippen LogP contribution in [0.1, 0.15) is 18.1 Å². The van der Waals surface area contributed by atoms with Crippen LogP contribution in [0, 0.1) is 6.92 Å². The Bertz CT molecular complexity index is 835. The second kappa shape index (κ2) is 8.43. The maximum absolute atomic E-state index is 4.50. The molecule has 0 bridgehead atoms. The molecule has 0 aliphatic rings. The molecule has 1 aromatic carbocycles. The molecule has 0 aliphatic heterocycles. The van der Waals surface area contributed by atoms with Crippen molar-refractivity contribution in [2.24, 2.45) is 0 Å². The summed E-state index contributed by atoms with van der Waals surface area (Å²) in [4.78, 5) is 17.4. The number of aromatic nitrogens is 3. The summed E-state index contributed by atoms with van der Waals surface area (Å²) in [5.74, 6) is 1.84. The molecule has 5 nitrogen and oxygen atoms in total. The molecular weight excluding hydrogens is 322 g/mol. The Morgan fingerprint density at radius 3 is 2.46 bits per heavy atom. The van der Waals surface area contributed by atoms with Gasteiger partial charge in [0, 0.05) is 44.3 Å². The number of likely N-dealkylation sites (N-methyl/N-ethyl adjacent to an activating group) is 1. The predicted molar refractivity (Wildman–Crippen MR) is 107 cm³/mol. The summed E-state index contributed by atoms with van der Waals surface area (Å²) in [5, 5.41) is 0. The zero-order chi connectivity index (χ0) is 18.4. The van der Waals surface area contributed by atoms with Gasteiger partial charge in [-0.25, -0.2) is 9.97 Å². The van der Waals surface area contributed by atoms with Gasteiger partial charge in [-0.2, -0.15) is 0 Å². The third kappa shape index (κ3) is 4.36. The van der Waals surface area contributed by atoms with Crippen LogP contribution in [-0.4, -0.2) is 35.1 Å². The number of nitrogens with zero attached hydrogens (tertiary/aromatic N) is 5. The van der Waals surface area contributed by atoms with Crippen molar-refractivity contribution in [3.63, 3.8) is 0 Å². The summed E-state index contributed by atoms with van der Waals surface area (Å²) in [6.07, 6.45) is 6.26. The van der Waals surface area contributed by atoms with E-state index in [9.17, 15) is 0 Å². The highest BCUT2D eigenvalue weighted by Gasteiger charge is 2.12. The van der Waals surface area contributed by atoms with E-state index in [2.05, 4.69) is 88.1 Å². The minimum absolute atomic E-state index is 0.848. The second-order valence-corrected chi connectivity index (χ2v) is 6.34. The normalized spacial score (nSPS) is 10.6. The summed E-state index contributed by atoms with van der Waals surface area (Å²) in [7, 11) is 2.07. The Morgan fingerprint density at radius 2 is 1.73 bits per heavy atom. The van der Waals surface area contributed by atoms with E-state index in [0.29, 0.717) is 0 Å². The number of anilines is 3. The molecule has 0 saturated carbocycles. The first-order chi connectivity index (χ1) is 12.7. The van der Waals surface area contributed by atoms with Gasteiger partial charge in [0.25, 0.3) is 0 Å². The number of rotatable bonds is 7.